The van der Waals surface area contributed by atoms with Gasteiger partial charge >= 0.3 is 0 Å². The lowest BCUT2D eigenvalue weighted by Gasteiger charge is -2.56. The van der Waals surface area contributed by atoms with E-state index in [9.17, 15) is 0 Å². The average molecular weight is 362 g/mol. The van der Waals surface area contributed by atoms with Crippen molar-refractivity contribution in [2.45, 2.75) is 57.2 Å². The van der Waals surface area contributed by atoms with Crippen LogP contribution in [0.5, 0.6) is 5.75 Å². The highest BCUT2D eigenvalue weighted by atomic mass is 35.5. The molecule has 4 aliphatic rings. The van der Waals surface area contributed by atoms with E-state index >= 15 is 0 Å². The number of piperidine rings is 3. The highest BCUT2D eigenvalue weighted by Crippen LogP contribution is 2.43. The Bertz CT molecular complexity index is 806. The maximum atomic E-state index is 6.33. The summed E-state index contributed by atoms with van der Waals surface area (Å²) in [5.74, 6) is 2.12. The summed E-state index contributed by atoms with van der Waals surface area (Å²) in [6, 6.07) is 4.22. The quantitative estimate of drug-likeness (QED) is 0.879. The standard InChI is InChI=1S/C19H24ClN3O2/c1-19(2)17(11-7-9-23(19)10-8-11)21-18-13-5-6-14(20)16(15(13)25-22-18)24-12-3-4-12/h5-6,11-12,17H,3-4,7-10H2,1-2H3,(H,21,22)/t17-/m0/s1. The van der Waals surface area contributed by atoms with Gasteiger partial charge in [0.1, 0.15) is 0 Å². The molecule has 0 unspecified atom stereocenters. The van der Waals surface area contributed by atoms with Crippen LogP contribution in [-0.4, -0.2) is 40.8 Å². The molecule has 2 bridgehead atoms. The Labute approximate surface area is 152 Å². The molecule has 1 aliphatic carbocycles. The number of ether oxygens (including phenoxy) is 1. The van der Waals surface area contributed by atoms with E-state index in [2.05, 4.69) is 29.2 Å². The minimum atomic E-state index is 0.117. The third kappa shape index (κ3) is 2.51. The number of aromatic nitrogens is 1. The molecule has 1 aromatic heterocycles. The van der Waals surface area contributed by atoms with E-state index in [1.165, 1.54) is 25.9 Å². The Kier molecular flexibility index (Phi) is 3.48. The zero-order chi connectivity index (χ0) is 17.2. The number of rotatable bonds is 4. The van der Waals surface area contributed by atoms with Crippen LogP contribution < -0.4 is 10.1 Å². The van der Waals surface area contributed by atoms with E-state index < -0.39 is 0 Å². The number of nitrogens with zero attached hydrogens (tertiary/aromatic N) is 2. The number of anilines is 1. The summed E-state index contributed by atoms with van der Waals surface area (Å²) in [4.78, 5) is 2.59. The van der Waals surface area contributed by atoms with Gasteiger partial charge in [-0.3, -0.25) is 4.90 Å². The van der Waals surface area contributed by atoms with Crippen molar-refractivity contribution in [1.29, 1.82) is 0 Å². The Morgan fingerprint density at radius 1 is 1.24 bits per heavy atom. The molecule has 1 aromatic carbocycles. The molecule has 6 rings (SSSR count). The van der Waals surface area contributed by atoms with Gasteiger partial charge in [-0.05, 0) is 70.7 Å². The van der Waals surface area contributed by atoms with Crippen molar-refractivity contribution in [3.63, 3.8) is 0 Å². The lowest BCUT2D eigenvalue weighted by Crippen LogP contribution is -2.66. The molecule has 0 amide bonds. The van der Waals surface area contributed by atoms with Crippen LogP contribution in [0.1, 0.15) is 39.5 Å². The van der Waals surface area contributed by atoms with E-state index in [1.54, 1.807) is 0 Å². The van der Waals surface area contributed by atoms with E-state index in [-0.39, 0.29) is 11.6 Å². The molecule has 3 aliphatic heterocycles. The van der Waals surface area contributed by atoms with Crippen molar-refractivity contribution in [2.75, 3.05) is 18.4 Å². The van der Waals surface area contributed by atoms with Gasteiger partial charge in [-0.1, -0.05) is 16.8 Å². The van der Waals surface area contributed by atoms with Crippen molar-refractivity contribution in [2.24, 2.45) is 5.92 Å². The predicted molar refractivity (Wildman–Crippen MR) is 98.5 cm³/mol. The zero-order valence-electron chi connectivity index (χ0n) is 14.7. The van der Waals surface area contributed by atoms with E-state index in [0.717, 1.165) is 24.0 Å². The van der Waals surface area contributed by atoms with Gasteiger partial charge in [-0.25, -0.2) is 0 Å². The van der Waals surface area contributed by atoms with Crippen LogP contribution >= 0.6 is 11.6 Å². The van der Waals surface area contributed by atoms with Gasteiger partial charge in [0.15, 0.2) is 11.6 Å². The fraction of sp³-hybridized carbons (Fsp3) is 0.632. The topological polar surface area (TPSA) is 50.5 Å². The lowest BCUT2D eigenvalue weighted by atomic mass is 9.72. The molecule has 134 valence electrons. The second-order valence-corrected chi connectivity index (χ2v) is 8.61. The van der Waals surface area contributed by atoms with Crippen molar-refractivity contribution >= 4 is 28.4 Å². The third-order valence-corrected chi connectivity index (χ3v) is 6.53. The van der Waals surface area contributed by atoms with Crippen LogP contribution in [-0.2, 0) is 0 Å². The first-order valence-electron chi connectivity index (χ1n) is 9.30. The third-order valence-electron chi connectivity index (χ3n) is 6.24. The summed E-state index contributed by atoms with van der Waals surface area (Å²) < 4.78 is 11.6. The number of halogens is 1. The molecule has 0 spiro atoms. The van der Waals surface area contributed by atoms with Crippen molar-refractivity contribution in [1.82, 2.24) is 10.1 Å². The Hall–Kier alpha value is -1.46. The highest BCUT2D eigenvalue weighted by molar-refractivity contribution is 6.33. The van der Waals surface area contributed by atoms with Gasteiger partial charge in [0, 0.05) is 11.6 Å². The SMILES string of the molecule is CC1(C)[C@@H](Nc2noc3c(OC4CC4)c(Cl)ccc23)C2CCN1CC2. The molecule has 1 N–H and O–H groups in total. The molecule has 6 heteroatoms. The summed E-state index contributed by atoms with van der Waals surface area (Å²) >= 11 is 6.33. The highest BCUT2D eigenvalue weighted by Gasteiger charge is 2.48. The predicted octanol–water partition coefficient (Wildman–Crippen LogP) is 4.31. The second-order valence-electron chi connectivity index (χ2n) is 8.20. The maximum absolute atomic E-state index is 6.33. The Balaban J connectivity index is 1.49. The molecule has 3 saturated heterocycles. The second kappa shape index (κ2) is 5.52. The Morgan fingerprint density at radius 2 is 2.00 bits per heavy atom. The number of fused-ring (bicyclic) bond motifs is 4. The van der Waals surface area contributed by atoms with Crippen LogP contribution in [0.15, 0.2) is 16.7 Å². The summed E-state index contributed by atoms with van der Waals surface area (Å²) in [6.07, 6.45) is 4.93. The Morgan fingerprint density at radius 3 is 2.68 bits per heavy atom. The summed E-state index contributed by atoms with van der Waals surface area (Å²) in [5, 5.41) is 9.56. The number of hydrogen-bond donors (Lipinski definition) is 1. The average Bonchev–Trinajstić information content (AvgIpc) is 3.33. The lowest BCUT2D eigenvalue weighted by molar-refractivity contribution is -0.0189. The summed E-state index contributed by atoms with van der Waals surface area (Å²) in [7, 11) is 0. The molecule has 0 radical (unpaired) electrons. The van der Waals surface area contributed by atoms with E-state index in [0.29, 0.717) is 28.3 Å². The summed E-state index contributed by atoms with van der Waals surface area (Å²) in [6.45, 7) is 7.06. The molecule has 5 nitrogen and oxygen atoms in total. The normalized spacial score (nSPS) is 30.6. The number of hydrogen-bond acceptors (Lipinski definition) is 5. The zero-order valence-corrected chi connectivity index (χ0v) is 15.5. The first kappa shape index (κ1) is 15.8. The van der Waals surface area contributed by atoms with E-state index in [1.807, 2.05) is 12.1 Å². The maximum Gasteiger partial charge on any atom is 0.212 e. The monoisotopic (exact) mass is 361 g/mol. The first-order valence-corrected chi connectivity index (χ1v) is 9.68. The largest absolute Gasteiger partial charge is 0.485 e. The smallest absolute Gasteiger partial charge is 0.212 e. The minimum Gasteiger partial charge on any atom is -0.485 e. The molecular weight excluding hydrogens is 338 g/mol. The van der Waals surface area contributed by atoms with Crippen LogP contribution in [0, 0.1) is 5.92 Å². The van der Waals surface area contributed by atoms with Crippen molar-refractivity contribution in [3.05, 3.63) is 17.2 Å². The summed E-state index contributed by atoms with van der Waals surface area (Å²) in [5.41, 5.74) is 0.771. The van der Waals surface area contributed by atoms with Gasteiger partial charge in [-0.15, -0.1) is 0 Å². The van der Waals surface area contributed by atoms with Crippen molar-refractivity contribution in [3.8, 4) is 5.75 Å². The van der Waals surface area contributed by atoms with Crippen LogP contribution in [0.2, 0.25) is 5.02 Å². The fourth-order valence-corrected chi connectivity index (χ4v) is 4.74. The van der Waals surface area contributed by atoms with Gasteiger partial charge < -0.3 is 14.6 Å². The van der Waals surface area contributed by atoms with Crippen LogP contribution in [0.25, 0.3) is 11.0 Å². The molecule has 4 fully saturated rings. The van der Waals surface area contributed by atoms with Crippen LogP contribution in [0.4, 0.5) is 5.82 Å². The molecule has 4 heterocycles. The molecule has 2 aromatic rings. The van der Waals surface area contributed by atoms with Gasteiger partial charge in [0.25, 0.3) is 0 Å². The molecular formula is C19H24ClN3O2. The van der Waals surface area contributed by atoms with Gasteiger partial charge in [0.2, 0.25) is 5.58 Å². The molecule has 1 saturated carbocycles. The molecule has 25 heavy (non-hydrogen) atoms. The van der Waals surface area contributed by atoms with E-state index in [4.69, 9.17) is 20.9 Å². The van der Waals surface area contributed by atoms with Gasteiger partial charge in [0.05, 0.1) is 16.5 Å². The first-order chi connectivity index (χ1) is 12.0. The molecule has 1 atom stereocenters. The van der Waals surface area contributed by atoms with Crippen molar-refractivity contribution < 1.29 is 9.26 Å². The van der Waals surface area contributed by atoms with Gasteiger partial charge in [-0.2, -0.15) is 0 Å². The minimum absolute atomic E-state index is 0.117. The van der Waals surface area contributed by atoms with Crippen LogP contribution in [0.3, 0.4) is 0 Å². The number of nitrogens with one attached hydrogen (secondary N) is 1. The fourth-order valence-electron chi connectivity index (χ4n) is 4.55. The number of benzene rings is 1.